The highest BCUT2D eigenvalue weighted by molar-refractivity contribution is 5.82. The molecule has 2 aromatic heterocycles. The molecule has 0 bridgehead atoms. The maximum atomic E-state index is 12.4. The van der Waals surface area contributed by atoms with Gasteiger partial charge in [-0.2, -0.15) is 0 Å². The van der Waals surface area contributed by atoms with Crippen LogP contribution in [0, 0.1) is 0 Å². The van der Waals surface area contributed by atoms with Crippen LogP contribution in [0.5, 0.6) is 0 Å². The van der Waals surface area contributed by atoms with Crippen molar-refractivity contribution in [2.75, 3.05) is 0 Å². The molecule has 0 aliphatic heterocycles. The van der Waals surface area contributed by atoms with Gasteiger partial charge in [0.15, 0.2) is 5.58 Å². The molecular formula is C22H17NO6. The molecule has 29 heavy (non-hydrogen) atoms. The SMILES string of the molecule is O=C(Cn1c(=O)oc2ccccc21)OCc1cc(=O)oc2cc3c(cc12)CCC3. The number of aromatic nitrogens is 1. The number of ether oxygens (including phenoxy) is 1. The Morgan fingerprint density at radius 2 is 1.79 bits per heavy atom. The molecule has 2 aromatic carbocycles. The first-order valence-corrected chi connectivity index (χ1v) is 9.41. The first kappa shape index (κ1) is 17.5. The summed E-state index contributed by atoms with van der Waals surface area (Å²) >= 11 is 0. The van der Waals surface area contributed by atoms with Crippen molar-refractivity contribution >= 4 is 28.0 Å². The Kier molecular flexibility index (Phi) is 4.08. The number of aryl methyl sites for hydroxylation is 2. The zero-order valence-corrected chi connectivity index (χ0v) is 15.5. The second-order valence-electron chi connectivity index (χ2n) is 7.14. The Morgan fingerprint density at radius 1 is 1.00 bits per heavy atom. The number of nitrogens with zero attached hydrogens (tertiary/aromatic N) is 1. The van der Waals surface area contributed by atoms with E-state index >= 15 is 0 Å². The van der Waals surface area contributed by atoms with E-state index < -0.39 is 17.4 Å². The largest absolute Gasteiger partial charge is 0.459 e. The molecule has 0 unspecified atom stereocenters. The van der Waals surface area contributed by atoms with Gasteiger partial charge in [-0.05, 0) is 54.7 Å². The minimum absolute atomic E-state index is 0.0791. The van der Waals surface area contributed by atoms with Crippen LogP contribution >= 0.6 is 0 Å². The fraction of sp³-hybridized carbons (Fsp3) is 0.227. The second kappa shape index (κ2) is 6.77. The third-order valence-electron chi connectivity index (χ3n) is 5.29. The molecule has 0 spiro atoms. The van der Waals surface area contributed by atoms with E-state index in [0.29, 0.717) is 22.2 Å². The highest BCUT2D eigenvalue weighted by Crippen LogP contribution is 2.28. The maximum absolute atomic E-state index is 12.4. The predicted molar refractivity (Wildman–Crippen MR) is 105 cm³/mol. The van der Waals surface area contributed by atoms with E-state index in [1.165, 1.54) is 21.8 Å². The zero-order valence-electron chi connectivity index (χ0n) is 15.5. The lowest BCUT2D eigenvalue weighted by Gasteiger charge is -2.09. The summed E-state index contributed by atoms with van der Waals surface area (Å²) in [5, 5.41) is 0.768. The molecule has 7 heteroatoms. The predicted octanol–water partition coefficient (Wildman–Crippen LogP) is 2.93. The topological polar surface area (TPSA) is 91.6 Å². The van der Waals surface area contributed by atoms with Crippen molar-refractivity contribution in [3.05, 3.63) is 80.1 Å². The number of hydrogen-bond donors (Lipinski definition) is 0. The average molecular weight is 391 g/mol. The summed E-state index contributed by atoms with van der Waals surface area (Å²) in [5.41, 5.74) is 3.96. The molecule has 0 N–H and O–H groups in total. The van der Waals surface area contributed by atoms with Crippen molar-refractivity contribution in [1.29, 1.82) is 0 Å². The van der Waals surface area contributed by atoms with Crippen molar-refractivity contribution in [3.63, 3.8) is 0 Å². The van der Waals surface area contributed by atoms with Gasteiger partial charge >= 0.3 is 17.4 Å². The van der Waals surface area contributed by atoms with Gasteiger partial charge in [-0.3, -0.25) is 9.36 Å². The summed E-state index contributed by atoms with van der Waals surface area (Å²) < 4.78 is 17.0. The third kappa shape index (κ3) is 3.14. The van der Waals surface area contributed by atoms with Crippen molar-refractivity contribution in [2.24, 2.45) is 0 Å². The average Bonchev–Trinajstić information content (AvgIpc) is 3.28. The van der Waals surface area contributed by atoms with E-state index in [1.54, 1.807) is 24.3 Å². The number of esters is 1. The Hall–Kier alpha value is -3.61. The van der Waals surface area contributed by atoms with Gasteiger partial charge in [-0.25, -0.2) is 9.59 Å². The van der Waals surface area contributed by atoms with Crippen molar-refractivity contribution in [2.45, 2.75) is 32.4 Å². The molecule has 0 saturated carbocycles. The first-order chi connectivity index (χ1) is 14.1. The molecule has 0 amide bonds. The Bertz CT molecular complexity index is 1370. The van der Waals surface area contributed by atoms with Gasteiger partial charge in [0.1, 0.15) is 18.7 Å². The Labute approximate surface area is 164 Å². The van der Waals surface area contributed by atoms with Crippen LogP contribution in [0.1, 0.15) is 23.1 Å². The van der Waals surface area contributed by atoms with Gasteiger partial charge in [0.05, 0.1) is 5.52 Å². The monoisotopic (exact) mass is 391 g/mol. The van der Waals surface area contributed by atoms with Crippen LogP contribution in [0.4, 0.5) is 0 Å². The van der Waals surface area contributed by atoms with Crippen LogP contribution in [0.2, 0.25) is 0 Å². The van der Waals surface area contributed by atoms with Gasteiger partial charge in [0.25, 0.3) is 0 Å². The number of oxazole rings is 1. The van der Waals surface area contributed by atoms with Crippen molar-refractivity contribution < 1.29 is 18.4 Å². The van der Waals surface area contributed by atoms with E-state index in [1.807, 2.05) is 12.1 Å². The molecule has 1 aliphatic carbocycles. The van der Waals surface area contributed by atoms with E-state index in [9.17, 15) is 14.4 Å². The normalized spacial score (nSPS) is 13.1. The van der Waals surface area contributed by atoms with Gasteiger partial charge < -0.3 is 13.6 Å². The molecule has 7 nitrogen and oxygen atoms in total. The highest BCUT2D eigenvalue weighted by atomic mass is 16.5. The summed E-state index contributed by atoms with van der Waals surface area (Å²) in [7, 11) is 0. The third-order valence-corrected chi connectivity index (χ3v) is 5.29. The summed E-state index contributed by atoms with van der Waals surface area (Å²) in [6, 6.07) is 12.1. The lowest BCUT2D eigenvalue weighted by molar-refractivity contribution is -0.145. The number of carbonyl (C=O) groups excluding carboxylic acids is 1. The quantitative estimate of drug-likeness (QED) is 0.392. The summed E-state index contributed by atoms with van der Waals surface area (Å²) in [6.45, 7) is -0.352. The van der Waals surface area contributed by atoms with Crippen LogP contribution in [-0.4, -0.2) is 10.5 Å². The van der Waals surface area contributed by atoms with Crippen LogP contribution in [0.25, 0.3) is 22.1 Å². The lowest BCUT2D eigenvalue weighted by atomic mass is 10.0. The number of hydrogen-bond acceptors (Lipinski definition) is 6. The molecule has 0 radical (unpaired) electrons. The Morgan fingerprint density at radius 3 is 2.66 bits per heavy atom. The molecule has 0 saturated heterocycles. The van der Waals surface area contributed by atoms with Crippen LogP contribution < -0.4 is 11.4 Å². The van der Waals surface area contributed by atoms with Crippen LogP contribution in [-0.2, 0) is 35.5 Å². The summed E-state index contributed by atoms with van der Waals surface area (Å²) in [5.74, 6) is -1.22. The minimum Gasteiger partial charge on any atom is -0.459 e. The standard InChI is InChI=1S/C22H17NO6/c24-20-10-15(16-8-13-4-3-5-14(13)9-19(16)28-20)12-27-21(25)11-23-17-6-1-2-7-18(17)29-22(23)26/h1-2,6-10H,3-5,11-12H2. The summed E-state index contributed by atoms with van der Waals surface area (Å²) in [6.07, 6.45) is 3.04. The first-order valence-electron chi connectivity index (χ1n) is 9.41. The minimum atomic E-state index is -0.621. The lowest BCUT2D eigenvalue weighted by Crippen LogP contribution is -2.21. The number of para-hydroxylation sites is 2. The fourth-order valence-corrected chi connectivity index (χ4v) is 3.91. The molecule has 5 rings (SSSR count). The molecule has 0 fully saturated rings. The second-order valence-corrected chi connectivity index (χ2v) is 7.14. The van der Waals surface area contributed by atoms with Gasteiger partial charge in [-0.1, -0.05) is 12.1 Å². The molecule has 1 aliphatic rings. The van der Waals surface area contributed by atoms with Gasteiger partial charge in [0.2, 0.25) is 0 Å². The zero-order chi connectivity index (χ0) is 20.0. The number of benzene rings is 2. The molecule has 2 heterocycles. The molecule has 0 atom stereocenters. The van der Waals surface area contributed by atoms with Crippen LogP contribution in [0.3, 0.4) is 0 Å². The molecule has 4 aromatic rings. The number of carbonyl (C=O) groups is 1. The fourth-order valence-electron chi connectivity index (χ4n) is 3.91. The van der Waals surface area contributed by atoms with E-state index in [-0.39, 0.29) is 13.2 Å². The maximum Gasteiger partial charge on any atom is 0.420 e. The van der Waals surface area contributed by atoms with E-state index in [4.69, 9.17) is 13.6 Å². The summed E-state index contributed by atoms with van der Waals surface area (Å²) in [4.78, 5) is 36.3. The van der Waals surface area contributed by atoms with E-state index in [0.717, 1.165) is 24.6 Å². The molecule has 146 valence electrons. The highest BCUT2D eigenvalue weighted by Gasteiger charge is 2.17. The smallest absolute Gasteiger partial charge is 0.420 e. The number of rotatable bonds is 4. The van der Waals surface area contributed by atoms with Crippen LogP contribution in [0.15, 0.2) is 60.9 Å². The van der Waals surface area contributed by atoms with Gasteiger partial charge in [-0.15, -0.1) is 0 Å². The van der Waals surface area contributed by atoms with Crippen molar-refractivity contribution in [3.8, 4) is 0 Å². The van der Waals surface area contributed by atoms with Gasteiger partial charge in [0, 0.05) is 17.0 Å². The Balaban J connectivity index is 1.40. The van der Waals surface area contributed by atoms with E-state index in [2.05, 4.69) is 0 Å². The van der Waals surface area contributed by atoms with Crippen molar-refractivity contribution in [1.82, 2.24) is 4.57 Å². The molecular weight excluding hydrogens is 374 g/mol. The number of fused-ring (bicyclic) bond motifs is 3.